The number of hydrogen-bond acceptors (Lipinski definition) is 3. The fraction of sp³-hybridized carbons (Fsp3) is 0.400. The topological polar surface area (TPSA) is 43.7 Å². The number of hydrogen-bond donors (Lipinski definition) is 2. The summed E-state index contributed by atoms with van der Waals surface area (Å²) in [6.07, 6.45) is 0. The van der Waals surface area contributed by atoms with Gasteiger partial charge in [-0.25, -0.2) is 0 Å². The molecule has 1 aromatic carbocycles. The van der Waals surface area contributed by atoms with Crippen LogP contribution < -0.4 is 0 Å². The number of likely N-dealkylation sites (N-methyl/N-ethyl adjacent to an activating group) is 1. The maximum atomic E-state index is 9.04. The van der Waals surface area contributed by atoms with Gasteiger partial charge in [0.2, 0.25) is 0 Å². The molecule has 0 aliphatic carbocycles. The van der Waals surface area contributed by atoms with Crippen LogP contribution in [0.1, 0.15) is 5.56 Å². The maximum Gasteiger partial charge on any atom is 0.115 e. The molecule has 1 aromatic rings. The quantitative estimate of drug-likeness (QED) is 0.722. The van der Waals surface area contributed by atoms with Crippen molar-refractivity contribution in [2.75, 3.05) is 20.2 Å². The highest BCUT2D eigenvalue weighted by atomic mass is 16.3. The van der Waals surface area contributed by atoms with Gasteiger partial charge in [-0.15, -0.1) is 0 Å². The number of phenols is 1. The predicted molar refractivity (Wildman–Crippen MR) is 51.5 cm³/mol. The van der Waals surface area contributed by atoms with Gasteiger partial charge in [0.1, 0.15) is 5.75 Å². The lowest BCUT2D eigenvalue weighted by Crippen LogP contribution is -2.21. The molecule has 0 aliphatic rings. The van der Waals surface area contributed by atoms with E-state index in [4.69, 9.17) is 10.2 Å². The van der Waals surface area contributed by atoms with E-state index in [0.29, 0.717) is 6.54 Å². The zero-order valence-electron chi connectivity index (χ0n) is 7.77. The van der Waals surface area contributed by atoms with Crippen molar-refractivity contribution in [2.45, 2.75) is 6.54 Å². The molecule has 1 rings (SSSR count). The van der Waals surface area contributed by atoms with Crippen molar-refractivity contribution < 1.29 is 10.2 Å². The van der Waals surface area contributed by atoms with Crippen molar-refractivity contribution in [1.29, 1.82) is 0 Å². The number of phenolic OH excluding ortho intramolecular Hbond substituents is 1. The number of aromatic hydroxyl groups is 1. The Labute approximate surface area is 78.2 Å². The molecule has 0 radical (unpaired) electrons. The van der Waals surface area contributed by atoms with Crippen LogP contribution in [0, 0.1) is 0 Å². The van der Waals surface area contributed by atoms with E-state index in [-0.39, 0.29) is 12.4 Å². The van der Waals surface area contributed by atoms with Gasteiger partial charge >= 0.3 is 0 Å². The lowest BCUT2D eigenvalue weighted by atomic mass is 10.2. The molecular formula is C10H15NO2. The van der Waals surface area contributed by atoms with Gasteiger partial charge in [0.15, 0.2) is 0 Å². The normalized spacial score (nSPS) is 10.7. The lowest BCUT2D eigenvalue weighted by molar-refractivity contribution is 0.217. The predicted octanol–water partition coefficient (Wildman–Crippen LogP) is 0.816. The Morgan fingerprint density at radius 2 is 1.85 bits per heavy atom. The summed E-state index contributed by atoms with van der Waals surface area (Å²) in [5, 5.41) is 17.7. The molecule has 13 heavy (non-hydrogen) atoms. The molecular weight excluding hydrogens is 166 g/mol. The van der Waals surface area contributed by atoms with Crippen LogP contribution in [0.4, 0.5) is 0 Å². The SMILES string of the molecule is CN(CCO)Cc1ccc(O)cc1. The van der Waals surface area contributed by atoms with E-state index in [2.05, 4.69) is 0 Å². The second kappa shape index (κ2) is 4.84. The molecule has 0 aliphatic heterocycles. The van der Waals surface area contributed by atoms with Crippen LogP contribution >= 0.6 is 0 Å². The molecule has 0 spiro atoms. The molecule has 0 bridgehead atoms. The van der Waals surface area contributed by atoms with Crippen molar-refractivity contribution in [3.8, 4) is 5.75 Å². The fourth-order valence-corrected chi connectivity index (χ4v) is 1.16. The first-order valence-corrected chi connectivity index (χ1v) is 4.29. The highest BCUT2D eigenvalue weighted by Crippen LogP contribution is 2.10. The molecule has 3 nitrogen and oxygen atoms in total. The van der Waals surface area contributed by atoms with E-state index in [1.54, 1.807) is 12.1 Å². The highest BCUT2D eigenvalue weighted by Gasteiger charge is 1.98. The minimum absolute atomic E-state index is 0.175. The summed E-state index contributed by atoms with van der Waals surface area (Å²) >= 11 is 0. The second-order valence-electron chi connectivity index (χ2n) is 3.13. The van der Waals surface area contributed by atoms with Crippen molar-refractivity contribution in [3.05, 3.63) is 29.8 Å². The Kier molecular flexibility index (Phi) is 3.73. The van der Waals surface area contributed by atoms with E-state index in [1.807, 2.05) is 24.1 Å². The van der Waals surface area contributed by atoms with E-state index >= 15 is 0 Å². The molecule has 2 N–H and O–H groups in total. The van der Waals surface area contributed by atoms with Crippen LogP contribution in [0.3, 0.4) is 0 Å². The summed E-state index contributed by atoms with van der Waals surface area (Å²) in [6.45, 7) is 1.64. The number of rotatable bonds is 4. The minimum Gasteiger partial charge on any atom is -0.508 e. The Hall–Kier alpha value is -1.06. The van der Waals surface area contributed by atoms with Gasteiger partial charge < -0.3 is 10.2 Å². The third-order valence-electron chi connectivity index (χ3n) is 1.87. The molecule has 0 amide bonds. The van der Waals surface area contributed by atoms with Gasteiger partial charge in [-0.3, -0.25) is 4.90 Å². The van der Waals surface area contributed by atoms with Crippen LogP contribution in [0.25, 0.3) is 0 Å². The number of nitrogens with zero attached hydrogens (tertiary/aromatic N) is 1. The summed E-state index contributed by atoms with van der Waals surface area (Å²) in [4.78, 5) is 2.02. The summed E-state index contributed by atoms with van der Waals surface area (Å²) < 4.78 is 0. The maximum absolute atomic E-state index is 9.04. The summed E-state index contributed by atoms with van der Waals surface area (Å²) in [5.41, 5.74) is 1.13. The van der Waals surface area contributed by atoms with E-state index in [0.717, 1.165) is 12.1 Å². The first-order valence-electron chi connectivity index (χ1n) is 4.29. The molecule has 0 unspecified atom stereocenters. The van der Waals surface area contributed by atoms with Gasteiger partial charge in [-0.2, -0.15) is 0 Å². The van der Waals surface area contributed by atoms with E-state index < -0.39 is 0 Å². The largest absolute Gasteiger partial charge is 0.508 e. The smallest absolute Gasteiger partial charge is 0.115 e. The summed E-state index contributed by atoms with van der Waals surface area (Å²) in [7, 11) is 1.95. The van der Waals surface area contributed by atoms with Gasteiger partial charge in [-0.05, 0) is 24.7 Å². The monoisotopic (exact) mass is 181 g/mol. The lowest BCUT2D eigenvalue weighted by Gasteiger charge is -2.14. The number of benzene rings is 1. The van der Waals surface area contributed by atoms with Crippen LogP contribution in [0.15, 0.2) is 24.3 Å². The van der Waals surface area contributed by atoms with Crippen molar-refractivity contribution in [3.63, 3.8) is 0 Å². The van der Waals surface area contributed by atoms with Crippen molar-refractivity contribution in [2.24, 2.45) is 0 Å². The molecule has 0 saturated carbocycles. The van der Waals surface area contributed by atoms with Crippen molar-refractivity contribution in [1.82, 2.24) is 4.90 Å². The Morgan fingerprint density at radius 1 is 1.23 bits per heavy atom. The first kappa shape index (κ1) is 10.0. The highest BCUT2D eigenvalue weighted by molar-refractivity contribution is 5.25. The average Bonchev–Trinajstić information content (AvgIpc) is 2.09. The molecule has 0 atom stereocenters. The zero-order chi connectivity index (χ0) is 9.68. The molecule has 0 saturated heterocycles. The second-order valence-corrected chi connectivity index (χ2v) is 3.13. The van der Waals surface area contributed by atoms with Crippen LogP contribution in [0.5, 0.6) is 5.75 Å². The van der Waals surface area contributed by atoms with Crippen LogP contribution in [-0.4, -0.2) is 35.3 Å². The van der Waals surface area contributed by atoms with Gasteiger partial charge in [-0.1, -0.05) is 12.1 Å². The van der Waals surface area contributed by atoms with Crippen LogP contribution in [-0.2, 0) is 6.54 Å². The number of aliphatic hydroxyl groups excluding tert-OH is 1. The molecule has 3 heteroatoms. The van der Waals surface area contributed by atoms with Gasteiger partial charge in [0, 0.05) is 13.1 Å². The summed E-state index contributed by atoms with van der Waals surface area (Å²) in [5.74, 6) is 0.286. The minimum atomic E-state index is 0.175. The first-order chi connectivity index (χ1) is 6.22. The van der Waals surface area contributed by atoms with Crippen molar-refractivity contribution >= 4 is 0 Å². The summed E-state index contributed by atoms with van der Waals surface area (Å²) in [6, 6.07) is 7.09. The molecule has 0 aromatic heterocycles. The third kappa shape index (κ3) is 3.44. The Bertz CT molecular complexity index is 246. The fourth-order valence-electron chi connectivity index (χ4n) is 1.16. The zero-order valence-corrected chi connectivity index (χ0v) is 7.77. The van der Waals surface area contributed by atoms with E-state index in [1.165, 1.54) is 0 Å². The third-order valence-corrected chi connectivity index (χ3v) is 1.87. The van der Waals surface area contributed by atoms with Gasteiger partial charge in [0.25, 0.3) is 0 Å². The van der Waals surface area contributed by atoms with Gasteiger partial charge in [0.05, 0.1) is 6.61 Å². The molecule has 0 fully saturated rings. The Balaban J connectivity index is 2.49. The van der Waals surface area contributed by atoms with Crippen LogP contribution in [0.2, 0.25) is 0 Å². The number of aliphatic hydroxyl groups is 1. The average molecular weight is 181 g/mol. The molecule has 72 valence electrons. The van der Waals surface area contributed by atoms with E-state index in [9.17, 15) is 0 Å². The Morgan fingerprint density at radius 3 is 2.38 bits per heavy atom. The molecule has 0 heterocycles. The standard InChI is InChI=1S/C10H15NO2/c1-11(6-7-12)8-9-2-4-10(13)5-3-9/h2-5,12-13H,6-8H2,1H3.